The summed E-state index contributed by atoms with van der Waals surface area (Å²) in [5.74, 6) is -0.132. The molecule has 1 aromatic heterocycles. The highest BCUT2D eigenvalue weighted by Gasteiger charge is 2.30. The van der Waals surface area contributed by atoms with Crippen LogP contribution in [-0.4, -0.2) is 16.0 Å². The molecule has 0 aliphatic carbocycles. The van der Waals surface area contributed by atoms with E-state index in [0.717, 1.165) is 12.1 Å². The van der Waals surface area contributed by atoms with Crippen molar-refractivity contribution in [3.05, 3.63) is 29.5 Å². The maximum Gasteiger partial charge on any atom is 0.416 e. The van der Waals surface area contributed by atoms with Gasteiger partial charge in [0, 0.05) is 11.8 Å². The van der Waals surface area contributed by atoms with E-state index in [-0.39, 0.29) is 12.2 Å². The van der Waals surface area contributed by atoms with Crippen LogP contribution in [-0.2, 0) is 17.4 Å². The zero-order valence-electron chi connectivity index (χ0n) is 8.93. The number of fused-ring (bicyclic) bond motifs is 1. The number of nitrogens with zero attached hydrogens (tertiary/aromatic N) is 1. The van der Waals surface area contributed by atoms with Crippen molar-refractivity contribution in [3.63, 3.8) is 0 Å². The second-order valence-corrected chi connectivity index (χ2v) is 3.81. The number of hydrogen-bond donors (Lipinski definition) is 1. The minimum absolute atomic E-state index is 0.0534. The zero-order chi connectivity index (χ0) is 12.6. The summed E-state index contributed by atoms with van der Waals surface area (Å²) in [6.45, 7) is 1.38. The number of carbonyl (C=O) groups is 1. The third-order valence-corrected chi connectivity index (χ3v) is 2.39. The molecule has 17 heavy (non-hydrogen) atoms. The lowest BCUT2D eigenvalue weighted by Gasteiger charge is -2.06. The van der Waals surface area contributed by atoms with Crippen LogP contribution in [0.25, 0.3) is 10.9 Å². The van der Waals surface area contributed by atoms with Gasteiger partial charge in [0.15, 0.2) is 0 Å². The number of aromatic amines is 1. The quantitative estimate of drug-likeness (QED) is 0.880. The van der Waals surface area contributed by atoms with Gasteiger partial charge in [-0.15, -0.1) is 0 Å². The van der Waals surface area contributed by atoms with E-state index in [9.17, 15) is 18.0 Å². The van der Waals surface area contributed by atoms with Crippen LogP contribution in [0.4, 0.5) is 13.2 Å². The topological polar surface area (TPSA) is 45.8 Å². The van der Waals surface area contributed by atoms with Crippen LogP contribution in [0.2, 0.25) is 0 Å². The molecule has 0 fully saturated rings. The van der Waals surface area contributed by atoms with Crippen molar-refractivity contribution < 1.29 is 18.0 Å². The minimum Gasteiger partial charge on any atom is -0.300 e. The molecular weight excluding hydrogens is 233 g/mol. The highest BCUT2D eigenvalue weighted by Crippen LogP contribution is 2.31. The van der Waals surface area contributed by atoms with Gasteiger partial charge in [-0.25, -0.2) is 0 Å². The predicted molar refractivity (Wildman–Crippen MR) is 55.5 cm³/mol. The molecular formula is C11H9F3N2O. The molecule has 0 saturated carbocycles. The molecule has 2 aromatic rings. The van der Waals surface area contributed by atoms with Gasteiger partial charge in [0.05, 0.1) is 16.8 Å². The molecule has 1 N–H and O–H groups in total. The highest BCUT2D eigenvalue weighted by molar-refractivity contribution is 5.87. The van der Waals surface area contributed by atoms with Crippen LogP contribution >= 0.6 is 0 Å². The van der Waals surface area contributed by atoms with E-state index >= 15 is 0 Å². The number of H-pyrrole nitrogens is 1. The molecule has 0 aliphatic heterocycles. The van der Waals surface area contributed by atoms with Crippen molar-refractivity contribution in [3.8, 4) is 0 Å². The second kappa shape index (κ2) is 3.87. The van der Waals surface area contributed by atoms with Crippen molar-refractivity contribution in [2.24, 2.45) is 0 Å². The van der Waals surface area contributed by atoms with Crippen LogP contribution in [0, 0.1) is 0 Å². The van der Waals surface area contributed by atoms with E-state index in [4.69, 9.17) is 0 Å². The Hall–Kier alpha value is -1.85. The number of halogens is 3. The summed E-state index contributed by atoms with van der Waals surface area (Å²) in [4.78, 5) is 11.0. The molecule has 0 aliphatic rings. The molecule has 0 atom stereocenters. The Morgan fingerprint density at radius 3 is 2.71 bits per heavy atom. The molecule has 6 heteroatoms. The third kappa shape index (κ3) is 2.30. The number of hydrogen-bond acceptors (Lipinski definition) is 2. The highest BCUT2D eigenvalue weighted by atomic mass is 19.4. The number of carbonyl (C=O) groups excluding carboxylic acids is 1. The monoisotopic (exact) mass is 242 g/mol. The number of ketones is 1. The van der Waals surface area contributed by atoms with E-state index in [0.29, 0.717) is 16.6 Å². The first kappa shape index (κ1) is 11.6. The normalized spacial score (nSPS) is 12.0. The maximum atomic E-state index is 12.5. The minimum atomic E-state index is -4.39. The largest absolute Gasteiger partial charge is 0.416 e. The molecule has 90 valence electrons. The Labute approximate surface area is 94.6 Å². The molecule has 0 saturated heterocycles. The molecule has 0 bridgehead atoms. The summed E-state index contributed by atoms with van der Waals surface area (Å²) >= 11 is 0. The fourth-order valence-corrected chi connectivity index (χ4v) is 1.62. The van der Waals surface area contributed by atoms with Gasteiger partial charge >= 0.3 is 6.18 Å². The Morgan fingerprint density at radius 2 is 2.12 bits per heavy atom. The number of rotatable bonds is 2. The van der Waals surface area contributed by atoms with Crippen LogP contribution in [0.3, 0.4) is 0 Å². The number of alkyl halides is 3. The van der Waals surface area contributed by atoms with Crippen molar-refractivity contribution in [1.29, 1.82) is 0 Å². The average molecular weight is 242 g/mol. The summed E-state index contributed by atoms with van der Waals surface area (Å²) in [6.07, 6.45) is -4.34. The van der Waals surface area contributed by atoms with E-state index in [1.54, 1.807) is 0 Å². The standard InChI is InChI=1S/C11H9F3N2O/c1-6(17)4-10-8-5-7(11(12,13)14)2-3-9(8)15-16-10/h2-3,5H,4H2,1H3,(H,15,16). The lowest BCUT2D eigenvalue weighted by molar-refractivity contribution is -0.137. The van der Waals surface area contributed by atoms with E-state index < -0.39 is 11.7 Å². The van der Waals surface area contributed by atoms with E-state index in [2.05, 4.69) is 10.2 Å². The number of benzene rings is 1. The van der Waals surface area contributed by atoms with E-state index in [1.165, 1.54) is 13.0 Å². The van der Waals surface area contributed by atoms with Crippen molar-refractivity contribution >= 4 is 16.7 Å². The Morgan fingerprint density at radius 1 is 1.41 bits per heavy atom. The Bertz CT molecular complexity index is 572. The van der Waals surface area contributed by atoms with Crippen molar-refractivity contribution in [1.82, 2.24) is 10.2 Å². The second-order valence-electron chi connectivity index (χ2n) is 3.81. The van der Waals surface area contributed by atoms with Gasteiger partial charge in [0.25, 0.3) is 0 Å². The van der Waals surface area contributed by atoms with Crippen LogP contribution in [0.5, 0.6) is 0 Å². The van der Waals surface area contributed by atoms with Gasteiger partial charge in [-0.2, -0.15) is 18.3 Å². The predicted octanol–water partition coefficient (Wildman–Crippen LogP) is 2.71. The van der Waals surface area contributed by atoms with Crippen molar-refractivity contribution in [2.75, 3.05) is 0 Å². The summed E-state index contributed by atoms with van der Waals surface area (Å²) < 4.78 is 37.6. The summed E-state index contributed by atoms with van der Waals surface area (Å²) in [6, 6.07) is 3.27. The zero-order valence-corrected chi connectivity index (χ0v) is 8.93. The fraction of sp³-hybridized carbons (Fsp3) is 0.273. The molecule has 0 unspecified atom stereocenters. The summed E-state index contributed by atoms with van der Waals surface area (Å²) in [5.41, 5.74) is 0.101. The Kier molecular flexibility index (Phi) is 2.65. The molecule has 1 heterocycles. The first-order valence-corrected chi connectivity index (χ1v) is 4.91. The first-order chi connectivity index (χ1) is 7.88. The van der Waals surface area contributed by atoms with Gasteiger partial charge < -0.3 is 0 Å². The SMILES string of the molecule is CC(=O)Cc1[nH]nc2ccc(C(F)(F)F)cc12. The van der Waals surface area contributed by atoms with Crippen LogP contribution in [0.1, 0.15) is 18.2 Å². The smallest absolute Gasteiger partial charge is 0.300 e. The fourth-order valence-electron chi connectivity index (χ4n) is 1.62. The molecule has 3 nitrogen and oxygen atoms in total. The third-order valence-electron chi connectivity index (χ3n) is 2.39. The molecule has 1 aromatic carbocycles. The van der Waals surface area contributed by atoms with Crippen LogP contribution in [0.15, 0.2) is 18.2 Å². The lowest BCUT2D eigenvalue weighted by atomic mass is 10.1. The van der Waals surface area contributed by atoms with Gasteiger partial charge in [-0.05, 0) is 25.1 Å². The first-order valence-electron chi connectivity index (χ1n) is 4.91. The number of nitrogens with one attached hydrogen (secondary N) is 1. The lowest BCUT2D eigenvalue weighted by Crippen LogP contribution is -2.04. The summed E-state index contributed by atoms with van der Waals surface area (Å²) in [7, 11) is 0. The maximum absolute atomic E-state index is 12.5. The molecule has 0 amide bonds. The summed E-state index contributed by atoms with van der Waals surface area (Å²) in [5, 5.41) is 6.78. The average Bonchev–Trinajstić information content (AvgIpc) is 2.59. The van der Waals surface area contributed by atoms with Gasteiger partial charge in [-0.3, -0.25) is 9.89 Å². The molecule has 2 rings (SSSR count). The Balaban J connectivity index is 2.54. The number of Topliss-reactive ketones (excluding diaryl/α,β-unsaturated/α-hetero) is 1. The molecule has 0 radical (unpaired) electrons. The van der Waals surface area contributed by atoms with Gasteiger partial charge in [0.1, 0.15) is 5.78 Å². The van der Waals surface area contributed by atoms with E-state index in [1.807, 2.05) is 0 Å². The van der Waals surface area contributed by atoms with Crippen LogP contribution < -0.4 is 0 Å². The molecule has 0 spiro atoms. The van der Waals surface area contributed by atoms with Gasteiger partial charge in [0.2, 0.25) is 0 Å². The number of aromatic nitrogens is 2. The van der Waals surface area contributed by atoms with Gasteiger partial charge in [-0.1, -0.05) is 0 Å². The van der Waals surface area contributed by atoms with Crippen molar-refractivity contribution in [2.45, 2.75) is 19.5 Å².